The van der Waals surface area contributed by atoms with E-state index in [2.05, 4.69) is 9.88 Å². The highest BCUT2D eigenvalue weighted by molar-refractivity contribution is 7.13. The lowest BCUT2D eigenvalue weighted by Crippen LogP contribution is -2.49. The number of benzene rings is 2. The van der Waals surface area contributed by atoms with Gasteiger partial charge in [-0.2, -0.15) is 0 Å². The van der Waals surface area contributed by atoms with E-state index in [0.717, 1.165) is 29.0 Å². The van der Waals surface area contributed by atoms with Crippen LogP contribution >= 0.6 is 11.3 Å². The quantitative estimate of drug-likeness (QED) is 0.577. The van der Waals surface area contributed by atoms with E-state index in [1.807, 2.05) is 34.5 Å². The minimum Gasteiger partial charge on any atom is -0.345 e. The molecular weight excluding hydrogens is 412 g/mol. The number of thiazole rings is 1. The number of amides is 3. The summed E-state index contributed by atoms with van der Waals surface area (Å²) in [4.78, 5) is 48.2. The molecule has 158 valence electrons. The van der Waals surface area contributed by atoms with Crippen molar-refractivity contribution in [2.45, 2.75) is 12.8 Å². The third kappa shape index (κ3) is 3.57. The van der Waals surface area contributed by atoms with Crippen LogP contribution in [0, 0.1) is 0 Å². The summed E-state index contributed by atoms with van der Waals surface area (Å²) in [6.07, 6.45) is 2.57. The van der Waals surface area contributed by atoms with Crippen LogP contribution < -0.4 is 4.90 Å². The Morgan fingerprint density at radius 2 is 1.65 bits per heavy atom. The summed E-state index contributed by atoms with van der Waals surface area (Å²) in [6.45, 7) is 3.10. The summed E-state index contributed by atoms with van der Waals surface area (Å²) in [7, 11) is 0. The molecule has 3 aromatic rings. The van der Waals surface area contributed by atoms with E-state index in [1.54, 1.807) is 29.7 Å². The van der Waals surface area contributed by atoms with Gasteiger partial charge in [-0.15, -0.1) is 11.3 Å². The van der Waals surface area contributed by atoms with Gasteiger partial charge < -0.3 is 9.80 Å². The monoisotopic (exact) mass is 434 g/mol. The first-order chi connectivity index (χ1) is 15.1. The van der Waals surface area contributed by atoms with Crippen molar-refractivity contribution in [3.05, 3.63) is 59.1 Å². The first-order valence-electron chi connectivity index (χ1n) is 10.4. The summed E-state index contributed by atoms with van der Waals surface area (Å²) >= 11 is 1.60. The lowest BCUT2D eigenvalue weighted by atomic mass is 9.94. The molecule has 5 rings (SSSR count). The predicted molar refractivity (Wildman–Crippen MR) is 119 cm³/mol. The second-order valence-electron chi connectivity index (χ2n) is 7.76. The van der Waals surface area contributed by atoms with E-state index in [4.69, 9.17) is 0 Å². The predicted octanol–water partition coefficient (Wildman–Crippen LogP) is 3.02. The van der Waals surface area contributed by atoms with Crippen LogP contribution in [0.1, 0.15) is 33.6 Å². The molecule has 3 amide bonds. The molecule has 31 heavy (non-hydrogen) atoms. The Morgan fingerprint density at radius 1 is 0.968 bits per heavy atom. The van der Waals surface area contributed by atoms with E-state index >= 15 is 0 Å². The highest BCUT2D eigenvalue weighted by atomic mass is 32.1. The van der Waals surface area contributed by atoms with Crippen molar-refractivity contribution in [2.24, 2.45) is 0 Å². The highest BCUT2D eigenvalue weighted by Crippen LogP contribution is 2.30. The van der Waals surface area contributed by atoms with Gasteiger partial charge in [0.1, 0.15) is 0 Å². The Kier molecular flexibility index (Phi) is 5.15. The van der Waals surface area contributed by atoms with E-state index in [0.29, 0.717) is 37.1 Å². The third-order valence-corrected chi connectivity index (χ3v) is 6.78. The average molecular weight is 435 g/mol. The van der Waals surface area contributed by atoms with Crippen LogP contribution in [0.4, 0.5) is 5.13 Å². The SMILES string of the molecule is O=C(CCCN1C(=O)c2cccc3cccc(c23)C1=O)N1CCN(c2nccs2)CC1. The Morgan fingerprint density at radius 3 is 2.26 bits per heavy atom. The number of hydrogen-bond acceptors (Lipinski definition) is 6. The van der Waals surface area contributed by atoms with Crippen LogP contribution in [0.15, 0.2) is 48.0 Å². The van der Waals surface area contributed by atoms with Crippen molar-refractivity contribution >= 4 is 45.0 Å². The maximum atomic E-state index is 12.9. The zero-order valence-electron chi connectivity index (χ0n) is 17.0. The molecule has 7 nitrogen and oxygen atoms in total. The fraction of sp³-hybridized carbons (Fsp3) is 0.304. The Labute approximate surface area is 183 Å². The number of carbonyl (C=O) groups excluding carboxylic acids is 3. The molecule has 0 N–H and O–H groups in total. The lowest BCUT2D eigenvalue weighted by Gasteiger charge is -2.34. The summed E-state index contributed by atoms with van der Waals surface area (Å²) in [5.74, 6) is -0.490. The van der Waals surface area contributed by atoms with Gasteiger partial charge in [-0.25, -0.2) is 4.98 Å². The Hall–Kier alpha value is -3.26. The number of piperazine rings is 1. The number of anilines is 1. The summed E-state index contributed by atoms with van der Waals surface area (Å²) in [5.41, 5.74) is 1.11. The van der Waals surface area contributed by atoms with Gasteiger partial charge in [-0.1, -0.05) is 24.3 Å². The van der Waals surface area contributed by atoms with Gasteiger partial charge >= 0.3 is 0 Å². The Bertz CT molecular complexity index is 1100. The Balaban J connectivity index is 1.19. The first kappa shape index (κ1) is 19.7. The zero-order chi connectivity index (χ0) is 21.4. The fourth-order valence-electron chi connectivity index (χ4n) is 4.35. The summed E-state index contributed by atoms with van der Waals surface area (Å²) in [6, 6.07) is 11.0. The number of rotatable bonds is 5. The van der Waals surface area contributed by atoms with Gasteiger partial charge in [-0.05, 0) is 23.9 Å². The van der Waals surface area contributed by atoms with Crippen molar-refractivity contribution in [2.75, 3.05) is 37.6 Å². The third-order valence-electron chi connectivity index (χ3n) is 5.95. The van der Waals surface area contributed by atoms with Crippen molar-refractivity contribution in [3.63, 3.8) is 0 Å². The van der Waals surface area contributed by atoms with E-state index in [9.17, 15) is 14.4 Å². The largest absolute Gasteiger partial charge is 0.345 e. The van der Waals surface area contributed by atoms with Gasteiger partial charge in [-0.3, -0.25) is 19.3 Å². The van der Waals surface area contributed by atoms with E-state index < -0.39 is 0 Å². The average Bonchev–Trinajstić information content (AvgIpc) is 3.34. The van der Waals surface area contributed by atoms with Crippen LogP contribution in [0.2, 0.25) is 0 Å². The number of nitrogens with zero attached hydrogens (tertiary/aromatic N) is 4. The number of aromatic nitrogens is 1. The fourth-order valence-corrected chi connectivity index (χ4v) is 5.05. The van der Waals surface area contributed by atoms with Crippen molar-refractivity contribution in [1.82, 2.24) is 14.8 Å². The standard InChI is InChI=1S/C23H22N4O3S/c28-19(25-11-13-26(14-12-25)23-24-9-15-31-23)8-3-10-27-21(29)17-6-1-4-16-5-2-7-18(20(16)17)22(27)30/h1-2,4-7,9,15H,3,8,10-14H2. The number of hydrogen-bond donors (Lipinski definition) is 0. The minimum absolute atomic E-state index is 0.0678. The first-order valence-corrected chi connectivity index (χ1v) is 11.3. The van der Waals surface area contributed by atoms with Crippen LogP contribution in [0.3, 0.4) is 0 Å². The summed E-state index contributed by atoms with van der Waals surface area (Å²) in [5, 5.41) is 4.56. The number of carbonyl (C=O) groups is 3. The number of imide groups is 1. The minimum atomic E-state index is -0.279. The molecular formula is C23H22N4O3S. The normalized spacial score (nSPS) is 16.3. The smallest absolute Gasteiger partial charge is 0.261 e. The molecule has 2 aliphatic rings. The lowest BCUT2D eigenvalue weighted by molar-refractivity contribution is -0.131. The second kappa shape index (κ2) is 8.11. The van der Waals surface area contributed by atoms with Crippen molar-refractivity contribution < 1.29 is 14.4 Å². The van der Waals surface area contributed by atoms with Crippen molar-refractivity contribution in [3.8, 4) is 0 Å². The van der Waals surface area contributed by atoms with Gasteiger partial charge in [0.05, 0.1) is 0 Å². The molecule has 1 fully saturated rings. The van der Waals surface area contributed by atoms with Crippen LogP contribution in [-0.4, -0.2) is 65.2 Å². The van der Waals surface area contributed by atoms with Gasteiger partial charge in [0.15, 0.2) is 5.13 Å². The molecule has 1 aromatic heterocycles. The van der Waals surface area contributed by atoms with E-state index in [1.165, 1.54) is 4.90 Å². The van der Waals surface area contributed by atoms with Crippen molar-refractivity contribution in [1.29, 1.82) is 0 Å². The molecule has 8 heteroatoms. The second-order valence-corrected chi connectivity index (χ2v) is 8.63. The summed E-state index contributed by atoms with van der Waals surface area (Å²) < 4.78 is 0. The molecule has 0 atom stereocenters. The molecule has 0 aliphatic carbocycles. The van der Waals surface area contributed by atoms with Crippen LogP contribution in [0.5, 0.6) is 0 Å². The molecule has 2 aliphatic heterocycles. The maximum Gasteiger partial charge on any atom is 0.261 e. The molecule has 0 saturated carbocycles. The topological polar surface area (TPSA) is 73.8 Å². The zero-order valence-corrected chi connectivity index (χ0v) is 17.8. The highest BCUT2D eigenvalue weighted by Gasteiger charge is 2.32. The molecule has 0 bridgehead atoms. The maximum absolute atomic E-state index is 12.9. The van der Waals surface area contributed by atoms with Gasteiger partial charge in [0.2, 0.25) is 5.91 Å². The molecule has 0 radical (unpaired) electrons. The van der Waals surface area contributed by atoms with Gasteiger partial charge in [0, 0.05) is 67.2 Å². The molecule has 1 saturated heterocycles. The van der Waals surface area contributed by atoms with Crippen LogP contribution in [-0.2, 0) is 4.79 Å². The van der Waals surface area contributed by atoms with Crippen LogP contribution in [0.25, 0.3) is 10.8 Å². The van der Waals surface area contributed by atoms with Gasteiger partial charge in [0.25, 0.3) is 11.8 Å². The van der Waals surface area contributed by atoms with E-state index in [-0.39, 0.29) is 24.3 Å². The molecule has 3 heterocycles. The molecule has 2 aromatic carbocycles. The molecule has 0 spiro atoms. The molecule has 0 unspecified atom stereocenters.